The molecule has 0 atom stereocenters. The number of unbranched alkanes of at least 4 members (excludes halogenated alkanes) is 2. The fourth-order valence-electron chi connectivity index (χ4n) is 1.37. The fourth-order valence-corrected chi connectivity index (χ4v) is 1.37. The van der Waals surface area contributed by atoms with Crippen LogP contribution in [0.15, 0.2) is 0 Å². The van der Waals surface area contributed by atoms with E-state index < -0.39 is 0 Å². The highest BCUT2D eigenvalue weighted by molar-refractivity contribution is 5.27. The van der Waals surface area contributed by atoms with Gasteiger partial charge >= 0.3 is 0 Å². The van der Waals surface area contributed by atoms with E-state index in [1.807, 2.05) is 6.92 Å². The molecule has 1 aromatic rings. The molecule has 0 saturated carbocycles. The monoisotopic (exact) mass is 177 g/mol. The molecule has 0 bridgehead atoms. The number of aromatic nitrogens is 2. The first-order valence-electron chi connectivity index (χ1n) is 4.73. The third kappa shape index (κ3) is 2.59. The number of aromatic amines is 1. The minimum atomic E-state index is 0.564. The Hall–Kier alpha value is -1.30. The van der Waals surface area contributed by atoms with E-state index in [2.05, 4.69) is 23.0 Å². The van der Waals surface area contributed by atoms with Gasteiger partial charge in [-0.3, -0.25) is 0 Å². The van der Waals surface area contributed by atoms with Crippen LogP contribution >= 0.6 is 0 Å². The highest BCUT2D eigenvalue weighted by atomic mass is 14.9. The molecule has 0 aliphatic rings. The van der Waals surface area contributed by atoms with Crippen LogP contribution in [0.4, 0.5) is 0 Å². The van der Waals surface area contributed by atoms with E-state index in [9.17, 15) is 0 Å². The first-order chi connectivity index (χ1) is 6.27. The van der Waals surface area contributed by atoms with Crippen molar-refractivity contribution in [1.82, 2.24) is 9.97 Å². The fraction of sp³-hybridized carbons (Fsp3) is 0.600. The molecule has 0 aromatic carbocycles. The van der Waals surface area contributed by atoms with Crippen LogP contribution in [0.5, 0.6) is 0 Å². The second kappa shape index (κ2) is 4.66. The van der Waals surface area contributed by atoms with Crippen molar-refractivity contribution in [1.29, 1.82) is 5.26 Å². The lowest BCUT2D eigenvalue weighted by Crippen LogP contribution is -1.89. The van der Waals surface area contributed by atoms with Gasteiger partial charge in [0.1, 0.15) is 11.9 Å². The molecular formula is C10H15N3. The molecule has 3 nitrogen and oxygen atoms in total. The van der Waals surface area contributed by atoms with Crippen molar-refractivity contribution in [3.8, 4) is 6.07 Å². The maximum Gasteiger partial charge on any atom is 0.161 e. The molecule has 0 saturated heterocycles. The second-order valence-corrected chi connectivity index (χ2v) is 3.22. The van der Waals surface area contributed by atoms with Gasteiger partial charge in [-0.15, -0.1) is 0 Å². The van der Waals surface area contributed by atoms with Gasteiger partial charge in [0.15, 0.2) is 5.69 Å². The Kier molecular flexibility index (Phi) is 3.51. The topological polar surface area (TPSA) is 52.5 Å². The molecule has 1 N–H and O–H groups in total. The quantitative estimate of drug-likeness (QED) is 0.717. The third-order valence-corrected chi connectivity index (χ3v) is 2.03. The molecule has 3 heteroatoms. The summed E-state index contributed by atoms with van der Waals surface area (Å²) in [5.41, 5.74) is 1.56. The zero-order valence-electron chi connectivity index (χ0n) is 8.22. The molecule has 0 radical (unpaired) electrons. The zero-order chi connectivity index (χ0) is 9.68. The third-order valence-electron chi connectivity index (χ3n) is 2.03. The molecule has 13 heavy (non-hydrogen) atoms. The summed E-state index contributed by atoms with van der Waals surface area (Å²) in [6.45, 7) is 4.05. The standard InChI is InChI=1S/C10H15N3/c1-3-4-5-6-9-10(7-11)13-8(2)12-9/h3-6H2,1-2H3,(H,12,13). The maximum atomic E-state index is 8.76. The van der Waals surface area contributed by atoms with Crippen LogP contribution in [0.25, 0.3) is 0 Å². The molecular weight excluding hydrogens is 162 g/mol. The van der Waals surface area contributed by atoms with E-state index in [1.165, 1.54) is 12.8 Å². The van der Waals surface area contributed by atoms with E-state index >= 15 is 0 Å². The van der Waals surface area contributed by atoms with Crippen LogP contribution in [-0.2, 0) is 6.42 Å². The minimum Gasteiger partial charge on any atom is -0.345 e. The number of hydrogen-bond acceptors (Lipinski definition) is 2. The lowest BCUT2D eigenvalue weighted by Gasteiger charge is -1.95. The van der Waals surface area contributed by atoms with Crippen LogP contribution in [0.1, 0.15) is 43.4 Å². The summed E-state index contributed by atoms with van der Waals surface area (Å²) in [7, 11) is 0. The van der Waals surface area contributed by atoms with E-state index in [-0.39, 0.29) is 0 Å². The highest BCUT2D eigenvalue weighted by Crippen LogP contribution is 2.09. The molecule has 70 valence electrons. The van der Waals surface area contributed by atoms with Crippen molar-refractivity contribution in [3.63, 3.8) is 0 Å². The molecule has 0 aliphatic heterocycles. The zero-order valence-corrected chi connectivity index (χ0v) is 8.22. The lowest BCUT2D eigenvalue weighted by atomic mass is 10.1. The smallest absolute Gasteiger partial charge is 0.161 e. The number of aryl methyl sites for hydroxylation is 2. The van der Waals surface area contributed by atoms with Gasteiger partial charge in [-0.2, -0.15) is 5.26 Å². The molecule has 1 aromatic heterocycles. The summed E-state index contributed by atoms with van der Waals surface area (Å²) >= 11 is 0. The van der Waals surface area contributed by atoms with E-state index in [0.717, 1.165) is 24.4 Å². The molecule has 0 amide bonds. The van der Waals surface area contributed by atoms with Crippen LogP contribution < -0.4 is 0 Å². The molecule has 0 spiro atoms. The van der Waals surface area contributed by atoms with Crippen molar-refractivity contribution in [2.24, 2.45) is 0 Å². The normalized spacial score (nSPS) is 9.92. The number of nitrogens with one attached hydrogen (secondary N) is 1. The summed E-state index contributed by atoms with van der Waals surface area (Å²) in [6, 6.07) is 2.10. The van der Waals surface area contributed by atoms with E-state index in [0.29, 0.717) is 5.69 Å². The van der Waals surface area contributed by atoms with Crippen LogP contribution in [-0.4, -0.2) is 9.97 Å². The predicted molar refractivity (Wildman–Crippen MR) is 51.3 cm³/mol. The molecule has 1 rings (SSSR count). The van der Waals surface area contributed by atoms with E-state index in [1.54, 1.807) is 0 Å². The Labute approximate surface area is 78.8 Å². The minimum absolute atomic E-state index is 0.564. The van der Waals surface area contributed by atoms with Crippen molar-refractivity contribution in [2.45, 2.75) is 39.5 Å². The maximum absolute atomic E-state index is 8.76. The summed E-state index contributed by atoms with van der Waals surface area (Å²) in [5, 5.41) is 8.76. The number of nitriles is 1. The van der Waals surface area contributed by atoms with Gasteiger partial charge in [-0.25, -0.2) is 4.98 Å². The summed E-state index contributed by atoms with van der Waals surface area (Å²) in [4.78, 5) is 7.21. The van der Waals surface area contributed by atoms with Crippen molar-refractivity contribution < 1.29 is 0 Å². The van der Waals surface area contributed by atoms with E-state index in [4.69, 9.17) is 5.26 Å². The van der Waals surface area contributed by atoms with Crippen molar-refractivity contribution in [2.75, 3.05) is 0 Å². The lowest BCUT2D eigenvalue weighted by molar-refractivity contribution is 0.708. The van der Waals surface area contributed by atoms with Gasteiger partial charge in [-0.05, 0) is 19.8 Å². The molecule has 0 aliphatic carbocycles. The largest absolute Gasteiger partial charge is 0.345 e. The van der Waals surface area contributed by atoms with Gasteiger partial charge in [-0.1, -0.05) is 19.8 Å². The average molecular weight is 177 g/mol. The number of rotatable bonds is 4. The highest BCUT2D eigenvalue weighted by Gasteiger charge is 2.05. The number of nitrogens with zero attached hydrogens (tertiary/aromatic N) is 2. The summed E-state index contributed by atoms with van der Waals surface area (Å²) < 4.78 is 0. The molecule has 0 fully saturated rings. The SMILES string of the molecule is CCCCCc1[nH]c(C)nc1C#N. The first-order valence-corrected chi connectivity index (χ1v) is 4.73. The number of H-pyrrole nitrogens is 1. The van der Waals surface area contributed by atoms with Crippen LogP contribution in [0.2, 0.25) is 0 Å². The Morgan fingerprint density at radius 2 is 2.23 bits per heavy atom. The van der Waals surface area contributed by atoms with Gasteiger partial charge in [0.2, 0.25) is 0 Å². The Balaban J connectivity index is 2.60. The second-order valence-electron chi connectivity index (χ2n) is 3.22. The Morgan fingerprint density at radius 1 is 1.46 bits per heavy atom. The average Bonchev–Trinajstić information content (AvgIpc) is 2.47. The number of hydrogen-bond donors (Lipinski definition) is 1. The predicted octanol–water partition coefficient (Wildman–Crippen LogP) is 2.32. The van der Waals surface area contributed by atoms with Crippen LogP contribution in [0.3, 0.4) is 0 Å². The van der Waals surface area contributed by atoms with Gasteiger partial charge in [0, 0.05) is 0 Å². The first kappa shape index (κ1) is 9.79. The molecule has 0 unspecified atom stereocenters. The summed E-state index contributed by atoms with van der Waals surface area (Å²) in [5.74, 6) is 0.836. The van der Waals surface area contributed by atoms with Crippen LogP contribution in [0, 0.1) is 18.3 Å². The van der Waals surface area contributed by atoms with Crippen molar-refractivity contribution >= 4 is 0 Å². The Morgan fingerprint density at radius 3 is 2.85 bits per heavy atom. The summed E-state index contributed by atoms with van der Waals surface area (Å²) in [6.07, 6.45) is 4.49. The van der Waals surface area contributed by atoms with Crippen molar-refractivity contribution in [3.05, 3.63) is 17.2 Å². The number of imidazole rings is 1. The van der Waals surface area contributed by atoms with Gasteiger partial charge in [0.05, 0.1) is 5.69 Å². The Bertz CT molecular complexity index is 306. The molecule has 1 heterocycles. The van der Waals surface area contributed by atoms with Gasteiger partial charge < -0.3 is 4.98 Å². The van der Waals surface area contributed by atoms with Gasteiger partial charge in [0.25, 0.3) is 0 Å².